The molecular weight excluding hydrogens is 214 g/mol. The number of H-pyrrole nitrogens is 1. The second-order valence-corrected chi connectivity index (χ2v) is 4.15. The topological polar surface area (TPSA) is 70.9 Å². The number of nitrogen functional groups attached to an aromatic ring is 1. The minimum atomic E-state index is -0.107. The van der Waals surface area contributed by atoms with Gasteiger partial charge in [0, 0.05) is 29.3 Å². The van der Waals surface area contributed by atoms with Crippen LogP contribution in [0.1, 0.15) is 17.3 Å². The van der Waals surface area contributed by atoms with Crippen molar-refractivity contribution in [2.45, 2.75) is 6.92 Å². The van der Waals surface area contributed by atoms with Crippen LogP contribution in [0.3, 0.4) is 0 Å². The number of rotatable bonds is 3. The Morgan fingerprint density at radius 1 is 1.53 bits per heavy atom. The maximum Gasteiger partial charge on any atom is 0.253 e. The predicted molar refractivity (Wildman–Crippen MR) is 69.9 cm³/mol. The number of nitrogens with one attached hydrogen (secondary N) is 2. The number of aromatic nitrogens is 1. The number of hydrogen-bond acceptors (Lipinski definition) is 2. The number of nitrogens with two attached hydrogens (primary N) is 1. The molecule has 1 amide bonds. The van der Waals surface area contributed by atoms with Crippen molar-refractivity contribution in [1.29, 1.82) is 0 Å². The average molecular weight is 229 g/mol. The zero-order valence-electron chi connectivity index (χ0n) is 9.71. The highest BCUT2D eigenvalue weighted by Gasteiger charge is 2.11. The minimum absolute atomic E-state index is 0.107. The van der Waals surface area contributed by atoms with Gasteiger partial charge in [0.15, 0.2) is 0 Å². The molecule has 0 radical (unpaired) electrons. The standard InChI is InChI=1S/C13H15N3O/c1-8(2)6-16-13(17)11-7-15-12-5-9(14)3-4-10(11)12/h3-5,7,15H,1,6,14H2,2H3,(H,16,17). The Morgan fingerprint density at radius 3 is 3.00 bits per heavy atom. The molecule has 17 heavy (non-hydrogen) atoms. The molecule has 0 fully saturated rings. The van der Waals surface area contributed by atoms with Gasteiger partial charge in [-0.3, -0.25) is 4.79 Å². The molecular formula is C13H15N3O. The first-order valence-corrected chi connectivity index (χ1v) is 5.37. The van der Waals surface area contributed by atoms with Crippen molar-refractivity contribution in [2.75, 3.05) is 12.3 Å². The van der Waals surface area contributed by atoms with Gasteiger partial charge in [0.2, 0.25) is 0 Å². The number of fused-ring (bicyclic) bond motifs is 1. The maximum atomic E-state index is 11.9. The smallest absolute Gasteiger partial charge is 0.253 e. The lowest BCUT2D eigenvalue weighted by Crippen LogP contribution is -2.24. The lowest BCUT2D eigenvalue weighted by atomic mass is 10.1. The lowest BCUT2D eigenvalue weighted by molar-refractivity contribution is 0.0958. The highest BCUT2D eigenvalue weighted by molar-refractivity contribution is 6.07. The van der Waals surface area contributed by atoms with Crippen LogP contribution >= 0.6 is 0 Å². The zero-order valence-corrected chi connectivity index (χ0v) is 9.71. The summed E-state index contributed by atoms with van der Waals surface area (Å²) in [4.78, 5) is 14.9. The SMILES string of the molecule is C=C(C)CNC(=O)c1c[nH]c2cc(N)ccc12. The molecule has 0 aliphatic rings. The number of amides is 1. The van der Waals surface area contributed by atoms with Crippen molar-refractivity contribution in [2.24, 2.45) is 0 Å². The summed E-state index contributed by atoms with van der Waals surface area (Å²) in [6.07, 6.45) is 1.69. The minimum Gasteiger partial charge on any atom is -0.399 e. The number of aromatic amines is 1. The van der Waals surface area contributed by atoms with E-state index in [0.717, 1.165) is 16.5 Å². The van der Waals surface area contributed by atoms with Gasteiger partial charge in [-0.2, -0.15) is 0 Å². The molecule has 2 rings (SSSR count). The monoisotopic (exact) mass is 229 g/mol. The third-order valence-corrected chi connectivity index (χ3v) is 2.50. The normalized spacial score (nSPS) is 10.4. The van der Waals surface area contributed by atoms with Gasteiger partial charge >= 0.3 is 0 Å². The van der Waals surface area contributed by atoms with E-state index in [1.807, 2.05) is 19.1 Å². The van der Waals surface area contributed by atoms with Gasteiger partial charge in [-0.1, -0.05) is 12.2 Å². The molecule has 4 N–H and O–H groups in total. The van der Waals surface area contributed by atoms with Crippen LogP contribution in [-0.2, 0) is 0 Å². The molecule has 0 spiro atoms. The Bertz CT molecular complexity index is 583. The molecule has 2 aromatic rings. The van der Waals surface area contributed by atoms with Crippen molar-refractivity contribution in [3.63, 3.8) is 0 Å². The van der Waals surface area contributed by atoms with Crippen LogP contribution in [0.15, 0.2) is 36.5 Å². The third kappa shape index (κ3) is 2.30. The van der Waals surface area contributed by atoms with Gasteiger partial charge in [-0.25, -0.2) is 0 Å². The largest absolute Gasteiger partial charge is 0.399 e. The summed E-state index contributed by atoms with van der Waals surface area (Å²) in [6, 6.07) is 5.44. The average Bonchev–Trinajstić information content (AvgIpc) is 2.68. The summed E-state index contributed by atoms with van der Waals surface area (Å²) in [5.41, 5.74) is 8.76. The van der Waals surface area contributed by atoms with E-state index in [4.69, 9.17) is 5.73 Å². The molecule has 0 aliphatic heterocycles. The Hall–Kier alpha value is -2.23. The molecule has 1 aromatic carbocycles. The number of anilines is 1. The number of carbonyl (C=O) groups excluding carboxylic acids is 1. The van der Waals surface area contributed by atoms with Gasteiger partial charge in [-0.05, 0) is 25.1 Å². The van der Waals surface area contributed by atoms with Crippen molar-refractivity contribution in [3.8, 4) is 0 Å². The fraction of sp³-hybridized carbons (Fsp3) is 0.154. The first-order chi connectivity index (χ1) is 8.08. The lowest BCUT2D eigenvalue weighted by Gasteiger charge is -2.03. The van der Waals surface area contributed by atoms with Crippen LogP contribution in [-0.4, -0.2) is 17.4 Å². The third-order valence-electron chi connectivity index (χ3n) is 2.50. The molecule has 0 atom stereocenters. The van der Waals surface area contributed by atoms with Crippen LogP contribution in [0.5, 0.6) is 0 Å². The van der Waals surface area contributed by atoms with Gasteiger partial charge < -0.3 is 16.0 Å². The van der Waals surface area contributed by atoms with Crippen molar-refractivity contribution in [3.05, 3.63) is 42.1 Å². The Kier molecular flexibility index (Phi) is 2.87. The maximum absolute atomic E-state index is 11.9. The van der Waals surface area contributed by atoms with Crippen LogP contribution in [0.4, 0.5) is 5.69 Å². The molecule has 1 aromatic heterocycles. The van der Waals surface area contributed by atoms with Crippen LogP contribution < -0.4 is 11.1 Å². The highest BCUT2D eigenvalue weighted by atomic mass is 16.1. The second kappa shape index (κ2) is 4.33. The molecule has 0 saturated carbocycles. The van der Waals surface area contributed by atoms with E-state index in [2.05, 4.69) is 16.9 Å². The van der Waals surface area contributed by atoms with Gasteiger partial charge in [0.1, 0.15) is 0 Å². The second-order valence-electron chi connectivity index (χ2n) is 4.15. The van der Waals surface area contributed by atoms with E-state index in [0.29, 0.717) is 17.8 Å². The zero-order chi connectivity index (χ0) is 12.4. The quantitative estimate of drug-likeness (QED) is 0.557. The summed E-state index contributed by atoms with van der Waals surface area (Å²) in [5, 5.41) is 3.68. The fourth-order valence-corrected chi connectivity index (χ4v) is 1.66. The molecule has 88 valence electrons. The van der Waals surface area contributed by atoms with E-state index >= 15 is 0 Å². The van der Waals surface area contributed by atoms with Crippen molar-refractivity contribution in [1.82, 2.24) is 10.3 Å². The summed E-state index contributed by atoms with van der Waals surface area (Å²) in [5.74, 6) is -0.107. The van der Waals surface area contributed by atoms with Crippen LogP contribution in [0.25, 0.3) is 10.9 Å². The fourth-order valence-electron chi connectivity index (χ4n) is 1.66. The molecule has 0 unspecified atom stereocenters. The Morgan fingerprint density at radius 2 is 2.29 bits per heavy atom. The van der Waals surface area contributed by atoms with E-state index in [9.17, 15) is 4.79 Å². The number of hydrogen-bond donors (Lipinski definition) is 3. The van der Waals surface area contributed by atoms with Crippen LogP contribution in [0, 0.1) is 0 Å². The predicted octanol–water partition coefficient (Wildman–Crippen LogP) is 2.06. The van der Waals surface area contributed by atoms with Gasteiger partial charge in [0.05, 0.1) is 5.56 Å². The molecule has 4 heteroatoms. The van der Waals surface area contributed by atoms with E-state index in [1.54, 1.807) is 12.3 Å². The number of carbonyl (C=O) groups is 1. The number of benzene rings is 1. The van der Waals surface area contributed by atoms with Crippen molar-refractivity contribution >= 4 is 22.5 Å². The highest BCUT2D eigenvalue weighted by Crippen LogP contribution is 2.20. The molecule has 0 aliphatic carbocycles. The van der Waals surface area contributed by atoms with E-state index in [1.165, 1.54) is 0 Å². The van der Waals surface area contributed by atoms with Gasteiger partial charge in [0.25, 0.3) is 5.91 Å². The van der Waals surface area contributed by atoms with Crippen LogP contribution in [0.2, 0.25) is 0 Å². The molecule has 0 bridgehead atoms. The Labute approximate surface area is 99.5 Å². The summed E-state index contributed by atoms with van der Waals surface area (Å²) >= 11 is 0. The molecule has 4 nitrogen and oxygen atoms in total. The van der Waals surface area contributed by atoms with Gasteiger partial charge in [-0.15, -0.1) is 0 Å². The first-order valence-electron chi connectivity index (χ1n) is 5.37. The molecule has 0 saturated heterocycles. The molecule has 1 heterocycles. The summed E-state index contributed by atoms with van der Waals surface area (Å²) in [6.45, 7) is 6.10. The van der Waals surface area contributed by atoms with Crippen molar-refractivity contribution < 1.29 is 4.79 Å². The summed E-state index contributed by atoms with van der Waals surface area (Å²) < 4.78 is 0. The first kappa shape index (κ1) is 11.3. The van der Waals surface area contributed by atoms with E-state index < -0.39 is 0 Å². The summed E-state index contributed by atoms with van der Waals surface area (Å²) in [7, 11) is 0. The Balaban J connectivity index is 2.29. The van der Waals surface area contributed by atoms with E-state index in [-0.39, 0.29) is 5.91 Å².